The first kappa shape index (κ1) is 25.2. The van der Waals surface area contributed by atoms with Gasteiger partial charge in [-0.3, -0.25) is 14.4 Å². The Morgan fingerprint density at radius 3 is 1.93 bits per heavy atom. The molecule has 0 unspecified atom stereocenters. The van der Waals surface area contributed by atoms with E-state index in [1.807, 2.05) is 41.5 Å². The molecule has 0 aliphatic heterocycles. The fourth-order valence-electron chi connectivity index (χ4n) is 2.47. The summed E-state index contributed by atoms with van der Waals surface area (Å²) in [6, 6.07) is 0. The highest BCUT2D eigenvalue weighted by atomic mass is 16.5. The second-order valence-corrected chi connectivity index (χ2v) is 8.74. The first-order chi connectivity index (χ1) is 12.2. The Labute approximate surface area is 163 Å². The SMILES string of the molecule is C=C(C(C)=O)C(C)(C)C.CN(CCOCCN)c1c(C(C)(C)C)c(=O)c1=O. The molecule has 1 aromatic carbocycles. The number of likely N-dealkylation sites (N-methyl/N-ethyl adjacent to an activating group) is 1. The normalized spacial score (nSPS) is 11.7. The van der Waals surface area contributed by atoms with E-state index in [1.165, 1.54) is 0 Å². The van der Waals surface area contributed by atoms with E-state index in [4.69, 9.17) is 10.5 Å². The Balaban J connectivity index is 0.000000636. The molecule has 27 heavy (non-hydrogen) atoms. The molecular weight excluding hydrogens is 344 g/mol. The summed E-state index contributed by atoms with van der Waals surface area (Å²) in [5.74, 6) is 0.0856. The maximum Gasteiger partial charge on any atom is 0.249 e. The van der Waals surface area contributed by atoms with Crippen molar-refractivity contribution in [1.29, 1.82) is 0 Å². The summed E-state index contributed by atoms with van der Waals surface area (Å²) in [7, 11) is 1.80. The van der Waals surface area contributed by atoms with E-state index >= 15 is 0 Å². The monoisotopic (exact) mass is 380 g/mol. The minimum Gasteiger partial charge on any atom is -0.378 e. The van der Waals surface area contributed by atoms with Crippen LogP contribution in [0.1, 0.15) is 54.0 Å². The predicted molar refractivity (Wildman–Crippen MR) is 112 cm³/mol. The molecule has 0 heterocycles. The van der Waals surface area contributed by atoms with E-state index in [0.29, 0.717) is 43.1 Å². The highest BCUT2D eigenvalue weighted by Gasteiger charge is 2.31. The van der Waals surface area contributed by atoms with E-state index in [0.717, 1.165) is 0 Å². The largest absolute Gasteiger partial charge is 0.378 e. The number of carbonyl (C=O) groups excluding carboxylic acids is 1. The Bertz CT molecular complexity index is 714. The molecule has 154 valence electrons. The highest BCUT2D eigenvalue weighted by molar-refractivity contribution is 5.93. The summed E-state index contributed by atoms with van der Waals surface area (Å²) in [5, 5.41) is 0. The van der Waals surface area contributed by atoms with Gasteiger partial charge in [0.25, 0.3) is 0 Å². The molecule has 0 amide bonds. The van der Waals surface area contributed by atoms with Crippen LogP contribution in [0, 0.1) is 5.41 Å². The molecule has 1 aromatic rings. The van der Waals surface area contributed by atoms with E-state index in [-0.39, 0.29) is 27.5 Å². The number of rotatable bonds is 7. The minimum atomic E-state index is -0.388. The summed E-state index contributed by atoms with van der Waals surface area (Å²) in [6.07, 6.45) is 0. The van der Waals surface area contributed by atoms with Crippen molar-refractivity contribution in [2.75, 3.05) is 38.3 Å². The number of hydrogen-bond donors (Lipinski definition) is 1. The third kappa shape index (κ3) is 7.39. The lowest BCUT2D eigenvalue weighted by Gasteiger charge is -2.29. The summed E-state index contributed by atoms with van der Waals surface area (Å²) in [6.45, 7) is 19.0. The van der Waals surface area contributed by atoms with Gasteiger partial charge in [0.05, 0.1) is 18.9 Å². The topological polar surface area (TPSA) is 89.7 Å². The van der Waals surface area contributed by atoms with Crippen LogP contribution in [-0.4, -0.2) is 39.1 Å². The number of anilines is 1. The van der Waals surface area contributed by atoms with Gasteiger partial charge in [-0.1, -0.05) is 48.1 Å². The molecule has 0 aliphatic rings. The number of nitrogens with two attached hydrogens (primary N) is 1. The quantitative estimate of drug-likeness (QED) is 0.443. The van der Waals surface area contributed by atoms with Crippen molar-refractivity contribution in [3.05, 3.63) is 38.2 Å². The van der Waals surface area contributed by atoms with Gasteiger partial charge in [0.2, 0.25) is 10.9 Å². The Kier molecular flexibility index (Phi) is 9.29. The zero-order chi connectivity index (χ0) is 21.6. The van der Waals surface area contributed by atoms with Gasteiger partial charge in [0.1, 0.15) is 0 Å². The van der Waals surface area contributed by atoms with Gasteiger partial charge in [-0.05, 0) is 23.3 Å². The smallest absolute Gasteiger partial charge is 0.249 e. The average molecular weight is 381 g/mol. The van der Waals surface area contributed by atoms with Crippen LogP contribution in [-0.2, 0) is 14.9 Å². The standard InChI is InChI=1S/C13H22N2O3.C8H14O/c1-13(2,3)9-10(12(17)11(9)16)15(4)6-8-18-7-5-14;1-6(7(2)9)8(3,4)5/h5-8,14H2,1-4H3;1H2,2-5H3. The number of ether oxygens (including phenoxy) is 1. The van der Waals surface area contributed by atoms with Gasteiger partial charge in [-0.2, -0.15) is 0 Å². The zero-order valence-electron chi connectivity index (χ0n) is 18.2. The van der Waals surface area contributed by atoms with Crippen LogP contribution in [0.3, 0.4) is 0 Å². The van der Waals surface area contributed by atoms with E-state index in [2.05, 4.69) is 6.58 Å². The fourth-order valence-corrected chi connectivity index (χ4v) is 2.47. The second kappa shape index (κ2) is 9.95. The lowest BCUT2D eigenvalue weighted by molar-refractivity contribution is -0.114. The number of Topliss-reactive ketones (excluding diaryl/α,β-unsaturated/α-hetero) is 1. The van der Waals surface area contributed by atoms with Gasteiger partial charge in [-0.15, -0.1) is 0 Å². The summed E-state index contributed by atoms with van der Waals surface area (Å²) < 4.78 is 5.27. The molecule has 1 rings (SSSR count). The molecule has 0 bridgehead atoms. The third-order valence-electron chi connectivity index (χ3n) is 4.18. The molecule has 0 atom stereocenters. The summed E-state index contributed by atoms with van der Waals surface area (Å²) in [4.78, 5) is 35.7. The molecule has 0 saturated heterocycles. The number of allylic oxidation sites excluding steroid dienone is 1. The third-order valence-corrected chi connectivity index (χ3v) is 4.18. The Morgan fingerprint density at radius 1 is 1.07 bits per heavy atom. The molecule has 0 spiro atoms. The lowest BCUT2D eigenvalue weighted by atomic mass is 9.82. The van der Waals surface area contributed by atoms with Crippen LogP contribution in [0.25, 0.3) is 0 Å². The van der Waals surface area contributed by atoms with Crippen molar-refractivity contribution in [3.63, 3.8) is 0 Å². The highest BCUT2D eigenvalue weighted by Crippen LogP contribution is 2.27. The lowest BCUT2D eigenvalue weighted by Crippen LogP contribution is -2.47. The second-order valence-electron chi connectivity index (χ2n) is 8.74. The predicted octanol–water partition coefficient (Wildman–Crippen LogP) is 2.17. The first-order valence-electron chi connectivity index (χ1n) is 9.19. The summed E-state index contributed by atoms with van der Waals surface area (Å²) in [5.41, 5.74) is 6.06. The van der Waals surface area contributed by atoms with Crippen LogP contribution in [0.2, 0.25) is 0 Å². The van der Waals surface area contributed by atoms with Gasteiger partial charge in [0, 0.05) is 25.7 Å². The molecule has 0 saturated carbocycles. The minimum absolute atomic E-state index is 0.0637. The van der Waals surface area contributed by atoms with Gasteiger partial charge in [0.15, 0.2) is 5.78 Å². The van der Waals surface area contributed by atoms with Crippen LogP contribution in [0.5, 0.6) is 0 Å². The fraction of sp³-hybridized carbons (Fsp3) is 0.667. The molecule has 0 aliphatic carbocycles. The molecule has 0 radical (unpaired) electrons. The maximum absolute atomic E-state index is 11.6. The molecule has 2 N–H and O–H groups in total. The van der Waals surface area contributed by atoms with Crippen LogP contribution in [0.4, 0.5) is 5.69 Å². The number of hydrogen-bond acceptors (Lipinski definition) is 6. The molecule has 6 nitrogen and oxygen atoms in total. The van der Waals surface area contributed by atoms with E-state index < -0.39 is 0 Å². The van der Waals surface area contributed by atoms with Crippen LogP contribution < -0.4 is 21.5 Å². The zero-order valence-corrected chi connectivity index (χ0v) is 18.2. The number of ketones is 1. The van der Waals surface area contributed by atoms with Crippen LogP contribution >= 0.6 is 0 Å². The van der Waals surface area contributed by atoms with Crippen molar-refractivity contribution in [1.82, 2.24) is 0 Å². The van der Waals surface area contributed by atoms with Gasteiger partial charge < -0.3 is 15.4 Å². The van der Waals surface area contributed by atoms with Crippen molar-refractivity contribution < 1.29 is 9.53 Å². The van der Waals surface area contributed by atoms with Gasteiger partial charge in [-0.25, -0.2) is 0 Å². The van der Waals surface area contributed by atoms with Crippen molar-refractivity contribution in [2.45, 2.75) is 53.9 Å². The number of carbonyl (C=O) groups is 1. The molecule has 0 fully saturated rings. The first-order valence-corrected chi connectivity index (χ1v) is 9.19. The van der Waals surface area contributed by atoms with Crippen LogP contribution in [0.15, 0.2) is 21.7 Å². The molecule has 6 heteroatoms. The Morgan fingerprint density at radius 2 is 1.59 bits per heavy atom. The van der Waals surface area contributed by atoms with E-state index in [1.54, 1.807) is 18.9 Å². The van der Waals surface area contributed by atoms with Crippen molar-refractivity contribution >= 4 is 11.5 Å². The van der Waals surface area contributed by atoms with E-state index in [9.17, 15) is 14.4 Å². The van der Waals surface area contributed by atoms with Crippen molar-refractivity contribution in [2.24, 2.45) is 11.1 Å². The maximum atomic E-state index is 11.6. The average Bonchev–Trinajstić information content (AvgIpc) is 2.53. The summed E-state index contributed by atoms with van der Waals surface area (Å²) >= 11 is 0. The van der Waals surface area contributed by atoms with Gasteiger partial charge >= 0.3 is 0 Å². The molecule has 0 aromatic heterocycles. The molecular formula is C21H36N2O4. The Hall–Kier alpha value is -1.79. The van der Waals surface area contributed by atoms with Crippen molar-refractivity contribution in [3.8, 4) is 0 Å². The number of nitrogens with zero attached hydrogens (tertiary/aromatic N) is 1.